The molecule has 4 nitrogen and oxygen atoms in total. The minimum Gasteiger partial charge on any atom is -0.456 e. The van der Waals surface area contributed by atoms with Gasteiger partial charge in [0, 0.05) is 36.5 Å². The summed E-state index contributed by atoms with van der Waals surface area (Å²) in [4.78, 5) is 0. The molecular formula is C24H26Cl4O4. The van der Waals surface area contributed by atoms with E-state index in [1.165, 1.54) is 6.42 Å². The van der Waals surface area contributed by atoms with Gasteiger partial charge in [0.2, 0.25) is 0 Å². The van der Waals surface area contributed by atoms with Crippen LogP contribution in [-0.4, -0.2) is 24.6 Å². The van der Waals surface area contributed by atoms with E-state index in [1.54, 1.807) is 24.3 Å². The van der Waals surface area contributed by atoms with Crippen molar-refractivity contribution >= 4 is 46.4 Å². The van der Waals surface area contributed by atoms with E-state index < -0.39 is 5.60 Å². The second-order valence-corrected chi connectivity index (χ2v) is 9.95. The van der Waals surface area contributed by atoms with Crippen molar-refractivity contribution in [1.29, 1.82) is 0 Å². The summed E-state index contributed by atoms with van der Waals surface area (Å²) in [5, 5.41) is 13.3. The van der Waals surface area contributed by atoms with Crippen LogP contribution < -0.4 is 4.74 Å². The van der Waals surface area contributed by atoms with Gasteiger partial charge in [-0.2, -0.15) is 0 Å². The van der Waals surface area contributed by atoms with Crippen molar-refractivity contribution in [3.8, 4) is 11.5 Å². The quantitative estimate of drug-likeness (QED) is 0.357. The molecule has 1 N–H and O–H groups in total. The van der Waals surface area contributed by atoms with Crippen molar-refractivity contribution in [2.24, 2.45) is 0 Å². The van der Waals surface area contributed by atoms with Crippen molar-refractivity contribution in [2.75, 3.05) is 13.2 Å². The first kappa shape index (κ1) is 24.4. The maximum absolute atomic E-state index is 11.9. The fourth-order valence-corrected chi connectivity index (χ4v) is 4.93. The fraction of sp³-hybridized carbons (Fsp3) is 0.500. The number of fused-ring (bicyclic) bond motifs is 2. The SMILES string of the molecule is OC1(CCCCCCOC2CCCCO2)c2cc(Cl)c(Cl)cc2Oc2cc(Cl)c(Cl)cc21. The molecule has 1 unspecified atom stereocenters. The second kappa shape index (κ2) is 10.7. The zero-order valence-electron chi connectivity index (χ0n) is 17.6. The normalized spacial score (nSPS) is 19.2. The number of hydrogen-bond acceptors (Lipinski definition) is 4. The molecule has 2 aliphatic heterocycles. The van der Waals surface area contributed by atoms with Gasteiger partial charge in [-0.3, -0.25) is 0 Å². The van der Waals surface area contributed by atoms with E-state index in [2.05, 4.69) is 0 Å². The summed E-state index contributed by atoms with van der Waals surface area (Å²) in [6.45, 7) is 1.48. The molecule has 8 heteroatoms. The van der Waals surface area contributed by atoms with Crippen LogP contribution in [0.15, 0.2) is 24.3 Å². The summed E-state index contributed by atoms with van der Waals surface area (Å²) in [7, 11) is 0. The summed E-state index contributed by atoms with van der Waals surface area (Å²) in [5.41, 5.74) is -0.149. The molecule has 0 aromatic heterocycles. The maximum atomic E-state index is 11.9. The zero-order valence-corrected chi connectivity index (χ0v) is 20.7. The first-order chi connectivity index (χ1) is 15.4. The Morgan fingerprint density at radius 1 is 0.844 bits per heavy atom. The van der Waals surface area contributed by atoms with Crippen LogP contribution in [0.25, 0.3) is 0 Å². The van der Waals surface area contributed by atoms with E-state index in [0.717, 1.165) is 45.1 Å². The van der Waals surface area contributed by atoms with Gasteiger partial charge in [0.25, 0.3) is 0 Å². The molecule has 0 radical (unpaired) electrons. The highest BCUT2D eigenvalue weighted by Crippen LogP contribution is 2.52. The van der Waals surface area contributed by atoms with Crippen LogP contribution >= 0.6 is 46.4 Å². The molecule has 174 valence electrons. The Hall–Kier alpha value is -0.720. The average molecular weight is 520 g/mol. The fourth-order valence-electron chi connectivity index (χ4n) is 4.30. The number of ether oxygens (including phenoxy) is 3. The standard InChI is InChI=1S/C24H26Cl4O4/c25-17-11-15-21(13-19(17)27)32-22-14-20(28)18(26)12-16(22)24(15,29)8-4-1-2-5-9-30-23-7-3-6-10-31-23/h11-14,23,29H,1-10H2. The maximum Gasteiger partial charge on any atom is 0.157 e. The minimum absolute atomic E-state index is 0.0483. The summed E-state index contributed by atoms with van der Waals surface area (Å²) >= 11 is 24.9. The molecule has 0 saturated carbocycles. The highest BCUT2D eigenvalue weighted by atomic mass is 35.5. The molecule has 1 atom stereocenters. The van der Waals surface area contributed by atoms with Crippen LogP contribution in [0.2, 0.25) is 20.1 Å². The highest BCUT2D eigenvalue weighted by Gasteiger charge is 2.41. The third-order valence-corrected chi connectivity index (χ3v) is 7.47. The molecule has 32 heavy (non-hydrogen) atoms. The summed E-state index contributed by atoms with van der Waals surface area (Å²) in [6.07, 6.45) is 7.41. The lowest BCUT2D eigenvalue weighted by molar-refractivity contribution is -0.162. The van der Waals surface area contributed by atoms with E-state index in [1.807, 2.05) is 0 Å². The topological polar surface area (TPSA) is 47.9 Å². The molecule has 1 fully saturated rings. The van der Waals surface area contributed by atoms with Gasteiger partial charge < -0.3 is 19.3 Å². The Morgan fingerprint density at radius 2 is 1.44 bits per heavy atom. The molecule has 0 bridgehead atoms. The number of rotatable bonds is 8. The van der Waals surface area contributed by atoms with Crippen LogP contribution in [0.3, 0.4) is 0 Å². The second-order valence-electron chi connectivity index (χ2n) is 8.32. The number of halogens is 4. The van der Waals surface area contributed by atoms with Crippen LogP contribution in [0.4, 0.5) is 0 Å². The average Bonchev–Trinajstić information content (AvgIpc) is 2.77. The van der Waals surface area contributed by atoms with Crippen molar-refractivity contribution in [1.82, 2.24) is 0 Å². The molecule has 2 aromatic rings. The third kappa shape index (κ3) is 5.33. The Balaban J connectivity index is 1.41. The Morgan fingerprint density at radius 3 is 2.03 bits per heavy atom. The van der Waals surface area contributed by atoms with Gasteiger partial charge in [-0.05, 0) is 50.7 Å². The molecule has 0 aliphatic carbocycles. The lowest BCUT2D eigenvalue weighted by Crippen LogP contribution is -2.31. The molecule has 2 aromatic carbocycles. The van der Waals surface area contributed by atoms with Crippen molar-refractivity contribution in [2.45, 2.75) is 63.3 Å². The first-order valence-electron chi connectivity index (χ1n) is 11.0. The largest absolute Gasteiger partial charge is 0.456 e. The highest BCUT2D eigenvalue weighted by molar-refractivity contribution is 6.42. The molecular weight excluding hydrogens is 494 g/mol. The van der Waals surface area contributed by atoms with Crippen LogP contribution in [-0.2, 0) is 15.1 Å². The predicted molar refractivity (Wildman–Crippen MR) is 129 cm³/mol. The van der Waals surface area contributed by atoms with E-state index in [4.69, 9.17) is 60.6 Å². The predicted octanol–water partition coefficient (Wildman–Crippen LogP) is 8.14. The molecule has 0 amide bonds. The van der Waals surface area contributed by atoms with Gasteiger partial charge in [0.15, 0.2) is 6.29 Å². The number of benzene rings is 2. The minimum atomic E-state index is -1.31. The monoisotopic (exact) mass is 518 g/mol. The Kier molecular flexibility index (Phi) is 8.15. The first-order valence-corrected chi connectivity index (χ1v) is 12.5. The summed E-state index contributed by atoms with van der Waals surface area (Å²) in [6, 6.07) is 6.59. The van der Waals surface area contributed by atoms with Crippen LogP contribution in [0.1, 0.15) is 62.5 Å². The molecule has 2 heterocycles. The van der Waals surface area contributed by atoms with Gasteiger partial charge in [0.05, 0.1) is 20.1 Å². The van der Waals surface area contributed by atoms with Crippen LogP contribution in [0, 0.1) is 0 Å². The number of aliphatic hydroxyl groups is 1. The van der Waals surface area contributed by atoms with Gasteiger partial charge in [0.1, 0.15) is 17.1 Å². The van der Waals surface area contributed by atoms with Crippen LogP contribution in [0.5, 0.6) is 11.5 Å². The summed E-state index contributed by atoms with van der Waals surface area (Å²) < 4.78 is 17.4. The molecule has 0 spiro atoms. The lowest BCUT2D eigenvalue weighted by Gasteiger charge is -2.36. The van der Waals surface area contributed by atoms with Crippen molar-refractivity contribution in [3.05, 3.63) is 55.5 Å². The van der Waals surface area contributed by atoms with Gasteiger partial charge in [-0.25, -0.2) is 0 Å². The molecule has 4 rings (SSSR count). The molecule has 2 aliphatic rings. The Labute approximate surface area is 208 Å². The van der Waals surface area contributed by atoms with E-state index >= 15 is 0 Å². The van der Waals surface area contributed by atoms with E-state index in [0.29, 0.717) is 55.7 Å². The molecule has 1 saturated heterocycles. The Bertz CT molecular complexity index is 902. The summed E-state index contributed by atoms with van der Waals surface area (Å²) in [5.74, 6) is 0.933. The smallest absolute Gasteiger partial charge is 0.157 e. The lowest BCUT2D eigenvalue weighted by atomic mass is 9.79. The van der Waals surface area contributed by atoms with Gasteiger partial charge in [-0.1, -0.05) is 59.2 Å². The van der Waals surface area contributed by atoms with Gasteiger partial charge in [-0.15, -0.1) is 0 Å². The number of unbranched alkanes of at least 4 members (excludes halogenated alkanes) is 3. The number of hydrogen-bond donors (Lipinski definition) is 1. The zero-order chi connectivity index (χ0) is 22.7. The van der Waals surface area contributed by atoms with Crippen molar-refractivity contribution in [3.63, 3.8) is 0 Å². The third-order valence-electron chi connectivity index (χ3n) is 6.03. The van der Waals surface area contributed by atoms with Crippen molar-refractivity contribution < 1.29 is 19.3 Å². The van der Waals surface area contributed by atoms with E-state index in [9.17, 15) is 5.11 Å². The van der Waals surface area contributed by atoms with E-state index in [-0.39, 0.29) is 6.29 Å². The van der Waals surface area contributed by atoms with Gasteiger partial charge >= 0.3 is 0 Å².